The van der Waals surface area contributed by atoms with Gasteiger partial charge in [-0.1, -0.05) is 19.9 Å². The highest BCUT2D eigenvalue weighted by Gasteiger charge is 2.10. The van der Waals surface area contributed by atoms with Crippen molar-refractivity contribution < 1.29 is 9.84 Å². The van der Waals surface area contributed by atoms with Gasteiger partial charge in [0.2, 0.25) is 0 Å². The van der Waals surface area contributed by atoms with Crippen LogP contribution in [0.25, 0.3) is 0 Å². The summed E-state index contributed by atoms with van der Waals surface area (Å²) in [5.74, 6) is 1.72. The standard InChI is InChI=1S/C15H25NO2/c1-11(2)6-5-9-16-12(3)14-8-7-13(18-4)10-15(14)17/h7-8,10-12,16-17H,5-6,9H2,1-4H3. The van der Waals surface area contributed by atoms with Crippen LogP contribution in [-0.4, -0.2) is 18.8 Å². The summed E-state index contributed by atoms with van der Waals surface area (Å²) in [6.45, 7) is 7.51. The van der Waals surface area contributed by atoms with Crippen LogP contribution in [0.4, 0.5) is 0 Å². The van der Waals surface area contributed by atoms with Gasteiger partial charge >= 0.3 is 0 Å². The molecule has 18 heavy (non-hydrogen) atoms. The lowest BCUT2D eigenvalue weighted by Crippen LogP contribution is -2.20. The lowest BCUT2D eigenvalue weighted by molar-refractivity contribution is 0.403. The molecular weight excluding hydrogens is 226 g/mol. The normalized spacial score (nSPS) is 12.7. The molecule has 0 heterocycles. The monoisotopic (exact) mass is 251 g/mol. The van der Waals surface area contributed by atoms with Crippen molar-refractivity contribution in [3.8, 4) is 11.5 Å². The summed E-state index contributed by atoms with van der Waals surface area (Å²) in [7, 11) is 1.60. The second-order valence-electron chi connectivity index (χ2n) is 5.14. The van der Waals surface area contributed by atoms with Crippen molar-refractivity contribution in [1.82, 2.24) is 5.32 Å². The number of methoxy groups -OCH3 is 1. The van der Waals surface area contributed by atoms with E-state index in [1.165, 1.54) is 12.8 Å². The van der Waals surface area contributed by atoms with E-state index in [2.05, 4.69) is 26.1 Å². The predicted molar refractivity (Wildman–Crippen MR) is 75.1 cm³/mol. The van der Waals surface area contributed by atoms with E-state index in [4.69, 9.17) is 4.74 Å². The summed E-state index contributed by atoms with van der Waals surface area (Å²) >= 11 is 0. The van der Waals surface area contributed by atoms with Gasteiger partial charge in [-0.05, 0) is 38.3 Å². The average molecular weight is 251 g/mol. The van der Waals surface area contributed by atoms with Gasteiger partial charge in [0.15, 0.2) is 0 Å². The minimum Gasteiger partial charge on any atom is -0.507 e. The fourth-order valence-corrected chi connectivity index (χ4v) is 1.96. The molecule has 102 valence electrons. The van der Waals surface area contributed by atoms with E-state index in [0.717, 1.165) is 18.0 Å². The molecule has 0 amide bonds. The quantitative estimate of drug-likeness (QED) is 0.729. The fraction of sp³-hybridized carbons (Fsp3) is 0.600. The molecule has 0 radical (unpaired) electrons. The van der Waals surface area contributed by atoms with Crippen LogP contribution < -0.4 is 10.1 Å². The molecule has 1 rings (SSSR count). The zero-order valence-corrected chi connectivity index (χ0v) is 11.9. The van der Waals surface area contributed by atoms with Gasteiger partial charge in [-0.15, -0.1) is 0 Å². The number of ether oxygens (including phenoxy) is 1. The Hall–Kier alpha value is -1.22. The average Bonchev–Trinajstić information content (AvgIpc) is 2.33. The van der Waals surface area contributed by atoms with Crippen molar-refractivity contribution in [3.63, 3.8) is 0 Å². The molecule has 1 atom stereocenters. The first-order chi connectivity index (χ1) is 8.54. The SMILES string of the molecule is COc1ccc(C(C)NCCCC(C)C)c(O)c1. The van der Waals surface area contributed by atoms with Crippen LogP contribution in [0.3, 0.4) is 0 Å². The van der Waals surface area contributed by atoms with Crippen molar-refractivity contribution in [2.45, 2.75) is 39.7 Å². The van der Waals surface area contributed by atoms with Crippen molar-refractivity contribution in [1.29, 1.82) is 0 Å². The highest BCUT2D eigenvalue weighted by Crippen LogP contribution is 2.28. The molecule has 0 aliphatic carbocycles. The molecule has 0 spiro atoms. The third kappa shape index (κ3) is 4.57. The maximum atomic E-state index is 9.92. The molecule has 1 unspecified atom stereocenters. The Balaban J connectivity index is 2.48. The molecule has 0 aromatic heterocycles. The van der Waals surface area contributed by atoms with Gasteiger partial charge in [-0.3, -0.25) is 0 Å². The topological polar surface area (TPSA) is 41.5 Å². The number of nitrogens with one attached hydrogen (secondary N) is 1. The Morgan fingerprint density at radius 2 is 2.00 bits per heavy atom. The van der Waals surface area contributed by atoms with Crippen LogP contribution in [0.1, 0.15) is 45.2 Å². The highest BCUT2D eigenvalue weighted by atomic mass is 16.5. The number of phenolic OH excluding ortho intramolecular Hbond substituents is 1. The molecular formula is C15H25NO2. The first kappa shape index (κ1) is 14.8. The number of phenols is 1. The second-order valence-corrected chi connectivity index (χ2v) is 5.14. The van der Waals surface area contributed by atoms with Crippen molar-refractivity contribution >= 4 is 0 Å². The molecule has 3 nitrogen and oxygen atoms in total. The lowest BCUT2D eigenvalue weighted by atomic mass is 10.1. The number of hydrogen-bond acceptors (Lipinski definition) is 3. The van der Waals surface area contributed by atoms with Crippen LogP contribution in [0.2, 0.25) is 0 Å². The second kappa shape index (κ2) is 7.27. The molecule has 0 saturated heterocycles. The Morgan fingerprint density at radius 1 is 1.28 bits per heavy atom. The molecule has 1 aromatic carbocycles. The summed E-state index contributed by atoms with van der Waals surface area (Å²) in [6.07, 6.45) is 2.40. The molecule has 0 aliphatic heterocycles. The molecule has 1 aromatic rings. The zero-order valence-electron chi connectivity index (χ0n) is 11.9. The predicted octanol–water partition coefficient (Wildman–Crippen LogP) is 3.49. The van der Waals surface area contributed by atoms with E-state index in [1.807, 2.05) is 12.1 Å². The minimum absolute atomic E-state index is 0.156. The number of hydrogen-bond donors (Lipinski definition) is 2. The molecule has 0 bridgehead atoms. The van der Waals surface area contributed by atoms with Crippen LogP contribution in [-0.2, 0) is 0 Å². The molecule has 0 saturated carbocycles. The van der Waals surface area contributed by atoms with Gasteiger partial charge in [0, 0.05) is 17.7 Å². The summed E-state index contributed by atoms with van der Waals surface area (Å²) in [6, 6.07) is 5.60. The largest absolute Gasteiger partial charge is 0.507 e. The summed E-state index contributed by atoms with van der Waals surface area (Å²) in [4.78, 5) is 0. The first-order valence-electron chi connectivity index (χ1n) is 6.65. The minimum atomic E-state index is 0.156. The van der Waals surface area contributed by atoms with Gasteiger partial charge in [0.05, 0.1) is 7.11 Å². The van der Waals surface area contributed by atoms with Crippen LogP contribution >= 0.6 is 0 Å². The number of rotatable bonds is 7. The van der Waals surface area contributed by atoms with Crippen molar-refractivity contribution in [3.05, 3.63) is 23.8 Å². The summed E-state index contributed by atoms with van der Waals surface area (Å²) in [5.41, 5.74) is 0.917. The van der Waals surface area contributed by atoms with E-state index in [1.54, 1.807) is 13.2 Å². The lowest BCUT2D eigenvalue weighted by Gasteiger charge is -2.16. The van der Waals surface area contributed by atoms with E-state index in [9.17, 15) is 5.11 Å². The zero-order chi connectivity index (χ0) is 13.5. The van der Waals surface area contributed by atoms with Crippen LogP contribution in [0.15, 0.2) is 18.2 Å². The van der Waals surface area contributed by atoms with Crippen LogP contribution in [0, 0.1) is 5.92 Å². The Morgan fingerprint density at radius 3 is 2.56 bits per heavy atom. The van der Waals surface area contributed by atoms with Crippen LogP contribution in [0.5, 0.6) is 11.5 Å². The van der Waals surface area contributed by atoms with Gasteiger partial charge in [-0.25, -0.2) is 0 Å². The third-order valence-electron chi connectivity index (χ3n) is 3.11. The summed E-state index contributed by atoms with van der Waals surface area (Å²) < 4.78 is 5.07. The molecule has 2 N–H and O–H groups in total. The smallest absolute Gasteiger partial charge is 0.124 e. The first-order valence-corrected chi connectivity index (χ1v) is 6.65. The van der Waals surface area contributed by atoms with E-state index in [0.29, 0.717) is 11.5 Å². The highest BCUT2D eigenvalue weighted by molar-refractivity contribution is 5.41. The van der Waals surface area contributed by atoms with Gasteiger partial charge < -0.3 is 15.2 Å². The molecule has 0 aliphatic rings. The Kier molecular flexibility index (Phi) is 5.99. The molecule has 3 heteroatoms. The molecule has 0 fully saturated rings. The van der Waals surface area contributed by atoms with Gasteiger partial charge in [0.1, 0.15) is 11.5 Å². The van der Waals surface area contributed by atoms with E-state index in [-0.39, 0.29) is 6.04 Å². The number of benzene rings is 1. The maximum Gasteiger partial charge on any atom is 0.124 e. The van der Waals surface area contributed by atoms with Crippen molar-refractivity contribution in [2.24, 2.45) is 5.92 Å². The number of aromatic hydroxyl groups is 1. The van der Waals surface area contributed by atoms with Crippen molar-refractivity contribution in [2.75, 3.05) is 13.7 Å². The Bertz CT molecular complexity index is 364. The van der Waals surface area contributed by atoms with E-state index < -0.39 is 0 Å². The maximum absolute atomic E-state index is 9.92. The van der Waals surface area contributed by atoms with Gasteiger partial charge in [-0.2, -0.15) is 0 Å². The summed E-state index contributed by atoms with van der Waals surface area (Å²) in [5, 5.41) is 13.3. The fourth-order valence-electron chi connectivity index (χ4n) is 1.96. The van der Waals surface area contributed by atoms with E-state index >= 15 is 0 Å². The Labute approximate surface area is 110 Å². The third-order valence-corrected chi connectivity index (χ3v) is 3.11. The van der Waals surface area contributed by atoms with Gasteiger partial charge in [0.25, 0.3) is 0 Å².